The molecule has 1 fully saturated rings. The Morgan fingerprint density at radius 3 is 2.65 bits per heavy atom. The fourth-order valence-electron chi connectivity index (χ4n) is 4.01. The summed E-state index contributed by atoms with van der Waals surface area (Å²) < 4.78 is 26.7. The van der Waals surface area contributed by atoms with Gasteiger partial charge in [-0.25, -0.2) is 13.4 Å². The van der Waals surface area contributed by atoms with Gasteiger partial charge in [-0.2, -0.15) is 4.31 Å². The normalized spacial score (nSPS) is 20.7. The number of sulfonamides is 1. The lowest BCUT2D eigenvalue weighted by Gasteiger charge is -2.25. The number of nitrogens with one attached hydrogen (secondary N) is 1. The molecule has 0 bridgehead atoms. The molecule has 1 atom stereocenters. The van der Waals surface area contributed by atoms with Crippen LogP contribution in [-0.4, -0.2) is 37.3 Å². The Morgan fingerprint density at radius 1 is 1.08 bits per heavy atom. The van der Waals surface area contributed by atoms with Gasteiger partial charge < -0.3 is 5.32 Å². The molecule has 0 saturated carbocycles. The Hall–Kier alpha value is -1.92. The molecule has 6 heteroatoms. The number of benzene rings is 1. The Morgan fingerprint density at radius 2 is 1.88 bits per heavy atom. The van der Waals surface area contributed by atoms with Gasteiger partial charge in [0.1, 0.15) is 10.7 Å². The van der Waals surface area contributed by atoms with Crippen molar-refractivity contribution in [2.75, 3.05) is 25.0 Å². The molecule has 4 rings (SSSR count). The average Bonchev–Trinajstić information content (AvgIpc) is 3.22. The van der Waals surface area contributed by atoms with Crippen LogP contribution in [0.25, 0.3) is 0 Å². The van der Waals surface area contributed by atoms with Gasteiger partial charge >= 0.3 is 0 Å². The molecule has 1 unspecified atom stereocenters. The van der Waals surface area contributed by atoms with E-state index in [1.165, 1.54) is 30.2 Å². The second kappa shape index (κ2) is 7.37. The second-order valence-electron chi connectivity index (χ2n) is 7.16. The van der Waals surface area contributed by atoms with Crippen molar-refractivity contribution in [2.45, 2.75) is 42.9 Å². The number of rotatable bonds is 5. The highest BCUT2D eigenvalue weighted by Crippen LogP contribution is 2.31. The first kappa shape index (κ1) is 17.5. The molecule has 0 spiro atoms. The smallest absolute Gasteiger partial charge is 0.244 e. The third kappa shape index (κ3) is 3.48. The predicted molar refractivity (Wildman–Crippen MR) is 103 cm³/mol. The zero-order chi connectivity index (χ0) is 18.0. The van der Waals surface area contributed by atoms with Gasteiger partial charge in [0.05, 0.1) is 0 Å². The molecule has 1 aromatic carbocycles. The maximum atomic E-state index is 12.6. The minimum atomic E-state index is -3.39. The number of fused-ring (bicyclic) bond motifs is 1. The summed E-state index contributed by atoms with van der Waals surface area (Å²) in [5.74, 6) is 1.21. The van der Waals surface area contributed by atoms with E-state index in [2.05, 4.69) is 34.6 Å². The van der Waals surface area contributed by atoms with Gasteiger partial charge in [-0.1, -0.05) is 24.3 Å². The fraction of sp³-hybridized carbons (Fsp3) is 0.450. The highest BCUT2D eigenvalue weighted by molar-refractivity contribution is 7.89. The molecule has 0 radical (unpaired) electrons. The molecule has 2 aliphatic rings. The SMILES string of the molecule is O=S(=O)(c1ccc(NCC2CCCc3ccccc32)nc1)N1CCCC1. The fourth-order valence-corrected chi connectivity index (χ4v) is 5.47. The summed E-state index contributed by atoms with van der Waals surface area (Å²) in [6.45, 7) is 2.05. The molecule has 1 N–H and O–H groups in total. The van der Waals surface area contributed by atoms with Gasteiger partial charge in [0.2, 0.25) is 10.0 Å². The Kier molecular flexibility index (Phi) is 4.96. The van der Waals surface area contributed by atoms with E-state index < -0.39 is 10.0 Å². The van der Waals surface area contributed by atoms with Crippen LogP contribution < -0.4 is 5.32 Å². The maximum Gasteiger partial charge on any atom is 0.244 e. The minimum absolute atomic E-state index is 0.285. The van der Waals surface area contributed by atoms with E-state index in [-0.39, 0.29) is 4.90 Å². The van der Waals surface area contributed by atoms with E-state index >= 15 is 0 Å². The average molecular weight is 372 g/mol. The summed E-state index contributed by atoms with van der Waals surface area (Å²) in [6.07, 6.45) is 6.90. The molecule has 1 aliphatic carbocycles. The van der Waals surface area contributed by atoms with Crippen LogP contribution in [0.4, 0.5) is 5.82 Å². The molecular formula is C20H25N3O2S. The summed E-state index contributed by atoms with van der Waals surface area (Å²) in [5.41, 5.74) is 2.88. The summed E-state index contributed by atoms with van der Waals surface area (Å²) in [5, 5.41) is 3.38. The first-order valence-electron chi connectivity index (χ1n) is 9.42. The zero-order valence-corrected chi connectivity index (χ0v) is 15.7. The van der Waals surface area contributed by atoms with Crippen LogP contribution >= 0.6 is 0 Å². The van der Waals surface area contributed by atoms with Crippen molar-refractivity contribution in [1.82, 2.24) is 9.29 Å². The topological polar surface area (TPSA) is 62.3 Å². The van der Waals surface area contributed by atoms with Crippen LogP contribution in [0, 0.1) is 0 Å². The maximum absolute atomic E-state index is 12.6. The van der Waals surface area contributed by atoms with Crippen molar-refractivity contribution < 1.29 is 8.42 Å². The lowest BCUT2D eigenvalue weighted by atomic mass is 9.83. The summed E-state index contributed by atoms with van der Waals surface area (Å²) in [7, 11) is -3.39. The van der Waals surface area contributed by atoms with E-state index in [1.807, 2.05) is 0 Å². The number of aromatic nitrogens is 1. The van der Waals surface area contributed by atoms with Crippen molar-refractivity contribution >= 4 is 15.8 Å². The number of pyridine rings is 1. The van der Waals surface area contributed by atoms with Gasteiger partial charge in [0, 0.05) is 31.7 Å². The lowest BCUT2D eigenvalue weighted by Crippen LogP contribution is -2.28. The monoisotopic (exact) mass is 371 g/mol. The van der Waals surface area contributed by atoms with Gasteiger partial charge in [-0.15, -0.1) is 0 Å². The molecule has 1 saturated heterocycles. The number of hydrogen-bond donors (Lipinski definition) is 1. The molecule has 2 aromatic rings. The summed E-state index contributed by atoms with van der Waals surface area (Å²) >= 11 is 0. The third-order valence-electron chi connectivity index (χ3n) is 5.46. The van der Waals surface area contributed by atoms with E-state index in [0.29, 0.717) is 19.0 Å². The highest BCUT2D eigenvalue weighted by atomic mass is 32.2. The van der Waals surface area contributed by atoms with Crippen molar-refractivity contribution in [3.05, 3.63) is 53.7 Å². The highest BCUT2D eigenvalue weighted by Gasteiger charge is 2.27. The molecule has 2 heterocycles. The van der Waals surface area contributed by atoms with E-state index in [1.54, 1.807) is 16.4 Å². The lowest BCUT2D eigenvalue weighted by molar-refractivity contribution is 0.477. The van der Waals surface area contributed by atoms with Crippen LogP contribution in [0.5, 0.6) is 0 Å². The van der Waals surface area contributed by atoms with Gasteiger partial charge in [-0.3, -0.25) is 0 Å². The quantitative estimate of drug-likeness (QED) is 0.875. The number of nitrogens with zero attached hydrogens (tertiary/aromatic N) is 2. The second-order valence-corrected chi connectivity index (χ2v) is 9.10. The van der Waals surface area contributed by atoms with Gasteiger partial charge in [0.25, 0.3) is 0 Å². The van der Waals surface area contributed by atoms with Gasteiger partial charge in [-0.05, 0) is 55.4 Å². The molecular weight excluding hydrogens is 346 g/mol. The molecule has 0 amide bonds. The van der Waals surface area contributed by atoms with Crippen LogP contribution in [0.2, 0.25) is 0 Å². The standard InChI is InChI=1S/C20H25N3O2S/c24-26(25,23-12-3-4-13-23)18-10-11-20(22-15-18)21-14-17-8-5-7-16-6-1-2-9-19(16)17/h1-2,6,9-11,15,17H,3-5,7-8,12-14H2,(H,21,22). The molecule has 1 aliphatic heterocycles. The summed E-state index contributed by atoms with van der Waals surface area (Å²) in [6, 6.07) is 12.1. The summed E-state index contributed by atoms with van der Waals surface area (Å²) in [4.78, 5) is 4.62. The number of hydrogen-bond acceptors (Lipinski definition) is 4. The largest absolute Gasteiger partial charge is 0.369 e. The van der Waals surface area contributed by atoms with E-state index in [9.17, 15) is 8.42 Å². The van der Waals surface area contributed by atoms with Crippen LogP contribution in [0.1, 0.15) is 42.7 Å². The van der Waals surface area contributed by atoms with Gasteiger partial charge in [0.15, 0.2) is 0 Å². The van der Waals surface area contributed by atoms with Crippen molar-refractivity contribution in [1.29, 1.82) is 0 Å². The van der Waals surface area contributed by atoms with Crippen molar-refractivity contribution in [3.63, 3.8) is 0 Å². The molecule has 5 nitrogen and oxygen atoms in total. The predicted octanol–water partition coefficient (Wildman–Crippen LogP) is 3.40. The first-order valence-corrected chi connectivity index (χ1v) is 10.9. The number of anilines is 1. The van der Waals surface area contributed by atoms with Crippen LogP contribution in [0.3, 0.4) is 0 Å². The number of aryl methyl sites for hydroxylation is 1. The van der Waals surface area contributed by atoms with Crippen LogP contribution in [-0.2, 0) is 16.4 Å². The zero-order valence-electron chi connectivity index (χ0n) is 14.9. The molecule has 26 heavy (non-hydrogen) atoms. The molecule has 1 aromatic heterocycles. The van der Waals surface area contributed by atoms with Crippen molar-refractivity contribution in [3.8, 4) is 0 Å². The Balaban J connectivity index is 1.42. The first-order chi connectivity index (χ1) is 12.6. The van der Waals surface area contributed by atoms with Crippen LogP contribution in [0.15, 0.2) is 47.5 Å². The Labute approximate surface area is 155 Å². The van der Waals surface area contributed by atoms with Crippen molar-refractivity contribution in [2.24, 2.45) is 0 Å². The minimum Gasteiger partial charge on any atom is -0.369 e. The Bertz CT molecular complexity index is 859. The molecule has 138 valence electrons. The third-order valence-corrected chi connectivity index (χ3v) is 7.34. The van der Waals surface area contributed by atoms with E-state index in [4.69, 9.17) is 0 Å². The van der Waals surface area contributed by atoms with E-state index in [0.717, 1.165) is 31.6 Å².